The van der Waals surface area contributed by atoms with Gasteiger partial charge in [-0.15, -0.1) is 0 Å². The lowest BCUT2D eigenvalue weighted by molar-refractivity contribution is 0.615. The van der Waals surface area contributed by atoms with E-state index in [4.69, 9.17) is 10.7 Å². The summed E-state index contributed by atoms with van der Waals surface area (Å²) in [4.78, 5) is -0.0378. The van der Waals surface area contributed by atoms with Crippen LogP contribution >= 0.6 is 10.7 Å². The highest BCUT2D eigenvalue weighted by molar-refractivity contribution is 8.17. The Kier molecular flexibility index (Phi) is 3.39. The minimum Gasteiger partial charge on any atom is -0.207 e. The highest BCUT2D eigenvalue weighted by Crippen LogP contribution is 2.11. The Bertz CT molecular complexity index is 261. The van der Waals surface area contributed by atoms with Gasteiger partial charge in [-0.1, -0.05) is 19.2 Å². The molecule has 0 unspecified atom stereocenters. The van der Waals surface area contributed by atoms with Crippen LogP contribution < -0.4 is 0 Å². The van der Waals surface area contributed by atoms with E-state index in [1.807, 2.05) is 0 Å². The molecule has 0 saturated heterocycles. The molecule has 0 bridgehead atoms. The number of halogens is 1. The van der Waals surface area contributed by atoms with Crippen molar-refractivity contribution < 1.29 is 8.42 Å². The Morgan fingerprint density at radius 2 is 1.90 bits per heavy atom. The van der Waals surface area contributed by atoms with Gasteiger partial charge in [-0.05, 0) is 12.2 Å². The van der Waals surface area contributed by atoms with Crippen LogP contribution in [-0.2, 0) is 9.05 Å². The van der Waals surface area contributed by atoms with Crippen molar-refractivity contribution in [3.05, 3.63) is 36.3 Å². The summed E-state index contributed by atoms with van der Waals surface area (Å²) in [5, 5.41) is 0. The number of hydrogen-bond donors (Lipinski definition) is 0. The van der Waals surface area contributed by atoms with Gasteiger partial charge in [0.25, 0.3) is 9.05 Å². The maximum Gasteiger partial charge on any atom is 0.261 e. The molecule has 0 fully saturated rings. The van der Waals surface area contributed by atoms with E-state index in [1.54, 1.807) is 0 Å². The van der Waals surface area contributed by atoms with E-state index in [2.05, 4.69) is 13.2 Å². The van der Waals surface area contributed by atoms with Crippen LogP contribution in [0.1, 0.15) is 0 Å². The van der Waals surface area contributed by atoms with Crippen molar-refractivity contribution in [1.82, 2.24) is 0 Å². The summed E-state index contributed by atoms with van der Waals surface area (Å²) in [6, 6.07) is 0. The fraction of sp³-hybridized carbons (Fsp3) is 0. The van der Waals surface area contributed by atoms with Crippen LogP contribution in [-0.4, -0.2) is 8.42 Å². The van der Waals surface area contributed by atoms with E-state index in [1.165, 1.54) is 12.2 Å². The topological polar surface area (TPSA) is 34.1 Å². The van der Waals surface area contributed by atoms with E-state index >= 15 is 0 Å². The zero-order valence-corrected chi connectivity index (χ0v) is 6.82. The maximum atomic E-state index is 10.5. The van der Waals surface area contributed by atoms with Crippen molar-refractivity contribution in [3.63, 3.8) is 0 Å². The molecule has 0 spiro atoms. The molecule has 0 rings (SSSR count). The molecule has 0 aromatic rings. The number of rotatable bonds is 3. The first-order chi connectivity index (χ1) is 4.52. The molecule has 0 aliphatic carbocycles. The van der Waals surface area contributed by atoms with Crippen LogP contribution in [0.15, 0.2) is 36.3 Å². The molecule has 56 valence electrons. The van der Waals surface area contributed by atoms with Gasteiger partial charge in [-0.25, -0.2) is 8.42 Å². The van der Waals surface area contributed by atoms with Crippen LogP contribution in [0.5, 0.6) is 0 Å². The molecular weight excluding hydrogens is 172 g/mol. The lowest BCUT2D eigenvalue weighted by atomic mass is 10.5. The van der Waals surface area contributed by atoms with Crippen LogP contribution in [0.3, 0.4) is 0 Å². The molecule has 0 heterocycles. The molecule has 0 N–H and O–H groups in total. The van der Waals surface area contributed by atoms with Crippen molar-refractivity contribution >= 4 is 19.7 Å². The first kappa shape index (κ1) is 9.46. The van der Waals surface area contributed by atoms with Crippen molar-refractivity contribution in [2.75, 3.05) is 0 Å². The predicted molar refractivity (Wildman–Crippen MR) is 43.2 cm³/mol. The Hall–Kier alpha value is -0.540. The molecule has 10 heavy (non-hydrogen) atoms. The first-order valence-corrected chi connectivity index (χ1v) is 4.73. The smallest absolute Gasteiger partial charge is 0.207 e. The zero-order chi connectivity index (χ0) is 8.20. The van der Waals surface area contributed by atoms with Gasteiger partial charge < -0.3 is 0 Å². The van der Waals surface area contributed by atoms with Crippen molar-refractivity contribution in [1.29, 1.82) is 0 Å². The standard InChI is InChI=1S/C6H7ClO2S/c1-3-5-6(4-2)10(7,8)9/h3-5H,1-2H2/b6-5+. The SMILES string of the molecule is C=C/C=C(\C=C)S(=O)(=O)Cl. The Morgan fingerprint density at radius 3 is 2.00 bits per heavy atom. The lowest BCUT2D eigenvalue weighted by Crippen LogP contribution is -1.89. The third-order valence-electron chi connectivity index (χ3n) is 0.765. The predicted octanol–water partition coefficient (Wildman–Crippen LogP) is 1.81. The summed E-state index contributed by atoms with van der Waals surface area (Å²) in [5.41, 5.74) is 0. The highest BCUT2D eigenvalue weighted by Gasteiger charge is 2.07. The van der Waals surface area contributed by atoms with Gasteiger partial charge in [0.2, 0.25) is 0 Å². The highest BCUT2D eigenvalue weighted by atomic mass is 35.7. The van der Waals surface area contributed by atoms with Gasteiger partial charge in [0, 0.05) is 10.7 Å². The molecule has 0 atom stereocenters. The molecule has 0 aromatic heterocycles. The largest absolute Gasteiger partial charge is 0.261 e. The summed E-state index contributed by atoms with van der Waals surface area (Å²) < 4.78 is 21.1. The summed E-state index contributed by atoms with van der Waals surface area (Å²) in [5.74, 6) is 0. The molecule has 0 amide bonds. The van der Waals surface area contributed by atoms with Crippen molar-refractivity contribution in [3.8, 4) is 0 Å². The average molecular weight is 179 g/mol. The molecular formula is C6H7ClO2S. The fourth-order valence-electron chi connectivity index (χ4n) is 0.365. The van der Waals surface area contributed by atoms with Crippen LogP contribution in [0.25, 0.3) is 0 Å². The van der Waals surface area contributed by atoms with E-state index in [0.717, 1.165) is 6.08 Å². The monoisotopic (exact) mass is 178 g/mol. The van der Waals surface area contributed by atoms with Gasteiger partial charge in [0.15, 0.2) is 0 Å². The molecule has 0 aliphatic heterocycles. The quantitative estimate of drug-likeness (QED) is 0.488. The number of allylic oxidation sites excluding steroid dienone is 3. The normalized spacial score (nSPS) is 12.7. The van der Waals surface area contributed by atoms with Gasteiger partial charge in [0.1, 0.15) is 0 Å². The molecule has 4 heteroatoms. The van der Waals surface area contributed by atoms with Crippen LogP contribution in [0.2, 0.25) is 0 Å². The van der Waals surface area contributed by atoms with Gasteiger partial charge in [-0.2, -0.15) is 0 Å². The van der Waals surface area contributed by atoms with Gasteiger partial charge in [-0.3, -0.25) is 0 Å². The third-order valence-corrected chi connectivity index (χ3v) is 2.17. The third kappa shape index (κ3) is 2.85. The van der Waals surface area contributed by atoms with E-state index in [-0.39, 0.29) is 4.91 Å². The minimum absolute atomic E-state index is 0.0378. The second-order valence-electron chi connectivity index (χ2n) is 1.45. The van der Waals surface area contributed by atoms with Crippen LogP contribution in [0, 0.1) is 0 Å². The minimum atomic E-state index is -3.63. The summed E-state index contributed by atoms with van der Waals surface area (Å²) in [6.45, 7) is 6.58. The Morgan fingerprint density at radius 1 is 1.40 bits per heavy atom. The first-order valence-electron chi connectivity index (χ1n) is 2.42. The molecule has 0 aliphatic rings. The summed E-state index contributed by atoms with van der Waals surface area (Å²) in [7, 11) is 1.33. The Balaban J connectivity index is 4.89. The zero-order valence-electron chi connectivity index (χ0n) is 5.25. The summed E-state index contributed by atoms with van der Waals surface area (Å²) >= 11 is 0. The van der Waals surface area contributed by atoms with Crippen molar-refractivity contribution in [2.24, 2.45) is 0 Å². The van der Waals surface area contributed by atoms with E-state index in [9.17, 15) is 8.42 Å². The second kappa shape index (κ2) is 3.58. The molecule has 0 saturated carbocycles. The number of hydrogen-bond acceptors (Lipinski definition) is 2. The lowest BCUT2D eigenvalue weighted by Gasteiger charge is -1.90. The second-order valence-corrected chi connectivity index (χ2v) is 4.01. The summed E-state index contributed by atoms with van der Waals surface area (Å²) in [6.07, 6.45) is 3.76. The van der Waals surface area contributed by atoms with Gasteiger partial charge in [0.05, 0.1) is 4.91 Å². The average Bonchev–Trinajstić information content (AvgIpc) is 1.80. The molecule has 2 nitrogen and oxygen atoms in total. The molecule has 0 radical (unpaired) electrons. The fourth-order valence-corrected chi connectivity index (χ4v) is 1.17. The van der Waals surface area contributed by atoms with Crippen LogP contribution in [0.4, 0.5) is 0 Å². The van der Waals surface area contributed by atoms with Gasteiger partial charge >= 0.3 is 0 Å². The Labute approximate surface area is 64.9 Å². The van der Waals surface area contributed by atoms with Crippen molar-refractivity contribution in [2.45, 2.75) is 0 Å². The maximum absolute atomic E-state index is 10.5. The van der Waals surface area contributed by atoms with E-state index in [0.29, 0.717) is 0 Å². The molecule has 0 aromatic carbocycles. The van der Waals surface area contributed by atoms with E-state index < -0.39 is 9.05 Å².